The van der Waals surface area contributed by atoms with Gasteiger partial charge in [0.2, 0.25) is 0 Å². The Hall–Kier alpha value is -1.62. The SMILES string of the molecule is C=c1sc(-c2ccc(C(F)(F)F)cc2)n/c1=C(\C)CCC. The molecule has 1 aromatic carbocycles. The molecule has 0 atom stereocenters. The Morgan fingerprint density at radius 3 is 2.38 bits per heavy atom. The first-order valence-electron chi connectivity index (χ1n) is 6.66. The lowest BCUT2D eigenvalue weighted by molar-refractivity contribution is -0.137. The van der Waals surface area contributed by atoms with E-state index < -0.39 is 11.7 Å². The molecule has 0 spiro atoms. The number of rotatable bonds is 3. The summed E-state index contributed by atoms with van der Waals surface area (Å²) in [5.74, 6) is 0. The van der Waals surface area contributed by atoms with Crippen LogP contribution in [0.15, 0.2) is 24.3 Å². The Morgan fingerprint density at radius 1 is 1.24 bits per heavy atom. The molecule has 0 radical (unpaired) electrons. The molecule has 5 heteroatoms. The highest BCUT2D eigenvalue weighted by Crippen LogP contribution is 2.30. The van der Waals surface area contributed by atoms with E-state index in [0.717, 1.165) is 40.4 Å². The fourth-order valence-corrected chi connectivity index (χ4v) is 3.04. The first kappa shape index (κ1) is 15.8. The number of benzene rings is 1. The summed E-state index contributed by atoms with van der Waals surface area (Å²) in [7, 11) is 0. The van der Waals surface area contributed by atoms with E-state index in [0.29, 0.717) is 10.6 Å². The third-order valence-corrected chi connectivity index (χ3v) is 4.15. The van der Waals surface area contributed by atoms with Crippen LogP contribution >= 0.6 is 11.3 Å². The molecule has 0 aliphatic heterocycles. The van der Waals surface area contributed by atoms with Crippen LogP contribution in [0.3, 0.4) is 0 Å². The first-order valence-corrected chi connectivity index (χ1v) is 7.47. The van der Waals surface area contributed by atoms with Crippen LogP contribution in [-0.4, -0.2) is 4.98 Å². The summed E-state index contributed by atoms with van der Waals surface area (Å²) < 4.78 is 38.5. The Bertz CT molecular complexity index is 726. The van der Waals surface area contributed by atoms with Crippen molar-refractivity contribution in [3.8, 4) is 10.6 Å². The maximum Gasteiger partial charge on any atom is 0.416 e. The third kappa shape index (κ3) is 3.53. The minimum Gasteiger partial charge on any atom is -0.236 e. The summed E-state index contributed by atoms with van der Waals surface area (Å²) in [5.41, 5.74) is 1.21. The van der Waals surface area contributed by atoms with Crippen LogP contribution in [0, 0.1) is 0 Å². The summed E-state index contributed by atoms with van der Waals surface area (Å²) in [6.45, 7) is 8.09. The average molecular weight is 311 g/mol. The van der Waals surface area contributed by atoms with Gasteiger partial charge in [0, 0.05) is 10.1 Å². The average Bonchev–Trinajstić information content (AvgIpc) is 2.80. The fourth-order valence-electron chi connectivity index (χ4n) is 2.10. The van der Waals surface area contributed by atoms with Gasteiger partial charge < -0.3 is 0 Å². The van der Waals surface area contributed by atoms with Gasteiger partial charge in [-0.1, -0.05) is 32.1 Å². The first-order chi connectivity index (χ1) is 9.82. The zero-order valence-corrected chi connectivity index (χ0v) is 12.7. The number of hydrogen-bond donors (Lipinski definition) is 0. The van der Waals surface area contributed by atoms with Crippen molar-refractivity contribution in [1.82, 2.24) is 4.98 Å². The van der Waals surface area contributed by atoms with Crippen molar-refractivity contribution in [2.24, 2.45) is 0 Å². The van der Waals surface area contributed by atoms with Gasteiger partial charge in [-0.15, -0.1) is 11.3 Å². The summed E-state index contributed by atoms with van der Waals surface area (Å²) >= 11 is 1.41. The molecule has 0 aliphatic carbocycles. The summed E-state index contributed by atoms with van der Waals surface area (Å²) in [6, 6.07) is 5.09. The van der Waals surface area contributed by atoms with Gasteiger partial charge in [0.15, 0.2) is 0 Å². The molecular formula is C16H16F3NS. The Labute approximate surface area is 125 Å². The topological polar surface area (TPSA) is 12.9 Å². The van der Waals surface area contributed by atoms with Gasteiger partial charge in [0.1, 0.15) is 5.01 Å². The van der Waals surface area contributed by atoms with Crippen molar-refractivity contribution in [3.63, 3.8) is 0 Å². The van der Waals surface area contributed by atoms with Gasteiger partial charge in [-0.05, 0) is 31.1 Å². The minimum absolute atomic E-state index is 0.647. The molecule has 1 nitrogen and oxygen atoms in total. The second kappa shape index (κ2) is 6.02. The van der Waals surface area contributed by atoms with E-state index in [9.17, 15) is 13.2 Å². The smallest absolute Gasteiger partial charge is 0.236 e. The highest BCUT2D eigenvalue weighted by molar-refractivity contribution is 7.12. The number of nitrogens with zero attached hydrogens (tertiary/aromatic N) is 1. The van der Waals surface area contributed by atoms with Crippen molar-refractivity contribution < 1.29 is 13.2 Å². The second-order valence-electron chi connectivity index (χ2n) is 4.90. The van der Waals surface area contributed by atoms with Crippen molar-refractivity contribution in [3.05, 3.63) is 39.7 Å². The fraction of sp³-hybridized carbons (Fsp3) is 0.312. The van der Waals surface area contributed by atoms with Gasteiger partial charge in [0.25, 0.3) is 0 Å². The minimum atomic E-state index is -4.31. The van der Waals surface area contributed by atoms with Crippen molar-refractivity contribution in [2.45, 2.75) is 32.9 Å². The van der Waals surface area contributed by atoms with Crippen LogP contribution < -0.4 is 9.88 Å². The number of halogens is 3. The molecule has 112 valence electrons. The zero-order valence-electron chi connectivity index (χ0n) is 11.9. The van der Waals surface area contributed by atoms with Gasteiger partial charge >= 0.3 is 6.18 Å². The highest BCUT2D eigenvalue weighted by atomic mass is 32.1. The monoisotopic (exact) mass is 311 g/mol. The standard InChI is InChI=1S/C16H16F3NS/c1-4-5-10(2)14-11(3)21-15(20-14)12-6-8-13(9-7-12)16(17,18)19/h6-9H,3-5H2,1-2H3/b14-10+. The van der Waals surface area contributed by atoms with Crippen LogP contribution in [-0.2, 0) is 6.18 Å². The molecule has 2 rings (SSSR count). The van der Waals surface area contributed by atoms with Crippen LogP contribution in [0.2, 0.25) is 0 Å². The lowest BCUT2D eigenvalue weighted by atomic mass is 10.1. The second-order valence-corrected chi connectivity index (χ2v) is 5.98. The lowest BCUT2D eigenvalue weighted by Crippen LogP contribution is -2.21. The van der Waals surface area contributed by atoms with Crippen LogP contribution in [0.1, 0.15) is 32.3 Å². The lowest BCUT2D eigenvalue weighted by Gasteiger charge is -2.06. The quantitative estimate of drug-likeness (QED) is 0.827. The molecule has 1 aromatic heterocycles. The van der Waals surface area contributed by atoms with Crippen molar-refractivity contribution in [2.75, 3.05) is 0 Å². The largest absolute Gasteiger partial charge is 0.416 e. The Kier molecular flexibility index (Phi) is 4.52. The molecule has 1 heterocycles. The normalized spacial score (nSPS) is 13.4. The molecule has 0 amide bonds. The van der Waals surface area contributed by atoms with Crippen LogP contribution in [0.25, 0.3) is 22.7 Å². The summed E-state index contributed by atoms with van der Waals surface area (Å²) in [6.07, 6.45) is -2.34. The summed E-state index contributed by atoms with van der Waals surface area (Å²) in [5, 5.41) is 1.58. The molecule has 21 heavy (non-hydrogen) atoms. The van der Waals surface area contributed by atoms with Gasteiger partial charge in [0.05, 0.1) is 10.9 Å². The molecule has 0 fully saturated rings. The maximum atomic E-state index is 12.6. The number of alkyl halides is 3. The molecule has 0 unspecified atom stereocenters. The predicted octanol–water partition coefficient (Wildman–Crippen LogP) is 4.21. The molecule has 0 bridgehead atoms. The van der Waals surface area contributed by atoms with E-state index in [1.54, 1.807) is 0 Å². The van der Waals surface area contributed by atoms with E-state index in [2.05, 4.69) is 18.5 Å². The van der Waals surface area contributed by atoms with Crippen LogP contribution in [0.5, 0.6) is 0 Å². The number of hydrogen-bond acceptors (Lipinski definition) is 2. The molecule has 0 saturated heterocycles. The van der Waals surface area contributed by atoms with Gasteiger partial charge in [-0.3, -0.25) is 0 Å². The molecule has 0 aliphatic rings. The third-order valence-electron chi connectivity index (χ3n) is 3.19. The Morgan fingerprint density at radius 2 is 1.86 bits per heavy atom. The van der Waals surface area contributed by atoms with E-state index >= 15 is 0 Å². The number of thiazole rings is 1. The number of aromatic nitrogens is 1. The molecule has 0 N–H and O–H groups in total. The molecule has 2 aromatic rings. The van der Waals surface area contributed by atoms with Gasteiger partial charge in [-0.2, -0.15) is 13.2 Å². The van der Waals surface area contributed by atoms with Crippen LogP contribution in [0.4, 0.5) is 13.2 Å². The van der Waals surface area contributed by atoms with E-state index in [-0.39, 0.29) is 0 Å². The molecular weight excluding hydrogens is 295 g/mol. The maximum absolute atomic E-state index is 12.6. The van der Waals surface area contributed by atoms with Gasteiger partial charge in [-0.25, -0.2) is 4.98 Å². The van der Waals surface area contributed by atoms with E-state index in [4.69, 9.17) is 0 Å². The van der Waals surface area contributed by atoms with Crippen molar-refractivity contribution >= 4 is 23.5 Å². The molecule has 0 saturated carbocycles. The highest BCUT2D eigenvalue weighted by Gasteiger charge is 2.30. The Balaban J connectivity index is 2.43. The van der Waals surface area contributed by atoms with E-state index in [1.807, 2.05) is 6.92 Å². The van der Waals surface area contributed by atoms with Crippen molar-refractivity contribution in [1.29, 1.82) is 0 Å². The predicted molar refractivity (Wildman–Crippen MR) is 81.3 cm³/mol. The summed E-state index contributed by atoms with van der Waals surface area (Å²) in [4.78, 5) is 4.53. The van der Waals surface area contributed by atoms with E-state index in [1.165, 1.54) is 23.5 Å². The zero-order chi connectivity index (χ0) is 15.6.